The number of hydrogen-bond donors (Lipinski definition) is 0. The molecule has 0 radical (unpaired) electrons. The predicted octanol–water partition coefficient (Wildman–Crippen LogP) is 1.99. The maximum Gasteiger partial charge on any atom is 0.243 e. The van der Waals surface area contributed by atoms with Crippen molar-refractivity contribution in [2.24, 2.45) is 5.92 Å². The fourth-order valence-corrected chi connectivity index (χ4v) is 4.30. The zero-order valence-electron chi connectivity index (χ0n) is 11.2. The molecule has 0 saturated carbocycles. The van der Waals surface area contributed by atoms with Gasteiger partial charge in [0.2, 0.25) is 10.0 Å². The lowest BCUT2D eigenvalue weighted by Gasteiger charge is -2.30. The van der Waals surface area contributed by atoms with Gasteiger partial charge in [-0.1, -0.05) is 0 Å². The molecule has 110 valence electrons. The summed E-state index contributed by atoms with van der Waals surface area (Å²) in [6.45, 7) is 1.07. The standard InChI is InChI=1S/C14H18FNO3S/c15-10-11-3-6-16(7-4-11)20(17,18)13-1-2-14-12(9-13)5-8-19-14/h1-2,9,11H,3-8,10H2. The quantitative estimate of drug-likeness (QED) is 0.857. The first-order chi connectivity index (χ1) is 9.61. The van der Waals surface area contributed by atoms with Crippen molar-refractivity contribution < 1.29 is 17.5 Å². The Morgan fingerprint density at radius 1 is 1.30 bits per heavy atom. The Morgan fingerprint density at radius 2 is 2.05 bits per heavy atom. The van der Waals surface area contributed by atoms with Crippen LogP contribution in [0.5, 0.6) is 5.75 Å². The molecule has 1 saturated heterocycles. The average Bonchev–Trinajstić information content (AvgIpc) is 2.94. The Hall–Kier alpha value is -1.14. The second-order valence-corrected chi connectivity index (χ2v) is 7.31. The molecule has 1 aromatic rings. The van der Waals surface area contributed by atoms with Crippen molar-refractivity contribution in [2.45, 2.75) is 24.2 Å². The van der Waals surface area contributed by atoms with Gasteiger partial charge in [0.15, 0.2) is 0 Å². The number of ether oxygens (including phenoxy) is 1. The fraction of sp³-hybridized carbons (Fsp3) is 0.571. The Kier molecular flexibility index (Phi) is 3.69. The van der Waals surface area contributed by atoms with Crippen molar-refractivity contribution in [2.75, 3.05) is 26.4 Å². The van der Waals surface area contributed by atoms with Crippen molar-refractivity contribution in [3.8, 4) is 5.75 Å². The lowest BCUT2D eigenvalue weighted by atomic mass is 10.0. The third-order valence-corrected chi connectivity index (χ3v) is 5.99. The summed E-state index contributed by atoms with van der Waals surface area (Å²) in [7, 11) is -3.46. The molecular weight excluding hydrogens is 281 g/mol. The van der Waals surface area contributed by atoms with Crippen LogP contribution in [-0.2, 0) is 16.4 Å². The maximum absolute atomic E-state index is 12.6. The molecule has 0 N–H and O–H groups in total. The van der Waals surface area contributed by atoms with Crippen molar-refractivity contribution in [3.05, 3.63) is 23.8 Å². The SMILES string of the molecule is O=S(=O)(c1ccc2c(c1)CCO2)N1CCC(CF)CC1. The van der Waals surface area contributed by atoms with E-state index in [0.717, 1.165) is 17.7 Å². The van der Waals surface area contributed by atoms with Crippen molar-refractivity contribution in [3.63, 3.8) is 0 Å². The molecule has 2 aliphatic rings. The first kappa shape index (κ1) is 13.8. The van der Waals surface area contributed by atoms with Crippen LogP contribution in [0.15, 0.2) is 23.1 Å². The lowest BCUT2D eigenvalue weighted by Crippen LogP contribution is -2.38. The summed E-state index contributed by atoms with van der Waals surface area (Å²) in [5, 5.41) is 0. The molecule has 6 heteroatoms. The van der Waals surface area contributed by atoms with Crippen LogP contribution in [0.25, 0.3) is 0 Å². The number of fused-ring (bicyclic) bond motifs is 1. The summed E-state index contributed by atoms with van der Waals surface area (Å²) in [5.74, 6) is 0.787. The summed E-state index contributed by atoms with van der Waals surface area (Å²) in [6, 6.07) is 5.03. The van der Waals surface area contributed by atoms with E-state index in [1.54, 1.807) is 18.2 Å². The number of alkyl halides is 1. The molecule has 0 spiro atoms. The van der Waals surface area contributed by atoms with Crippen LogP contribution in [0.3, 0.4) is 0 Å². The molecule has 0 unspecified atom stereocenters. The van der Waals surface area contributed by atoms with Crippen molar-refractivity contribution in [1.29, 1.82) is 0 Å². The summed E-state index contributed by atoms with van der Waals surface area (Å²) >= 11 is 0. The van der Waals surface area contributed by atoms with Gasteiger partial charge in [-0.05, 0) is 42.5 Å². The fourth-order valence-electron chi connectivity index (χ4n) is 2.78. The van der Waals surface area contributed by atoms with Gasteiger partial charge in [-0.25, -0.2) is 8.42 Å². The van der Waals surface area contributed by atoms with Crippen LogP contribution >= 0.6 is 0 Å². The summed E-state index contributed by atoms with van der Waals surface area (Å²) in [5.41, 5.74) is 0.949. The minimum absolute atomic E-state index is 0.00914. The topological polar surface area (TPSA) is 46.6 Å². The molecule has 3 rings (SSSR count). The van der Waals surface area contributed by atoms with Crippen LogP contribution in [0.2, 0.25) is 0 Å². The van der Waals surface area contributed by atoms with Crippen LogP contribution in [0, 0.1) is 5.92 Å². The van der Waals surface area contributed by atoms with Gasteiger partial charge in [0.1, 0.15) is 5.75 Å². The lowest BCUT2D eigenvalue weighted by molar-refractivity contribution is 0.233. The van der Waals surface area contributed by atoms with E-state index in [4.69, 9.17) is 4.74 Å². The largest absolute Gasteiger partial charge is 0.493 e. The predicted molar refractivity (Wildman–Crippen MR) is 73.1 cm³/mol. The number of sulfonamides is 1. The van der Waals surface area contributed by atoms with Crippen LogP contribution < -0.4 is 4.74 Å². The van der Waals surface area contributed by atoms with E-state index in [9.17, 15) is 12.8 Å². The number of halogens is 1. The van der Waals surface area contributed by atoms with E-state index in [-0.39, 0.29) is 12.6 Å². The zero-order chi connectivity index (χ0) is 14.2. The Morgan fingerprint density at radius 3 is 2.75 bits per heavy atom. The first-order valence-corrected chi connectivity index (χ1v) is 8.37. The van der Waals surface area contributed by atoms with Crippen LogP contribution in [0.1, 0.15) is 18.4 Å². The second kappa shape index (κ2) is 5.33. The Bertz CT molecular complexity index is 594. The number of nitrogens with zero attached hydrogens (tertiary/aromatic N) is 1. The molecule has 0 aromatic heterocycles. The Balaban J connectivity index is 1.82. The highest BCUT2D eigenvalue weighted by molar-refractivity contribution is 7.89. The molecule has 1 aromatic carbocycles. The summed E-state index contributed by atoms with van der Waals surface area (Å²) < 4.78 is 44.6. The maximum atomic E-state index is 12.6. The number of rotatable bonds is 3. The molecule has 20 heavy (non-hydrogen) atoms. The highest BCUT2D eigenvalue weighted by Gasteiger charge is 2.30. The average molecular weight is 299 g/mol. The van der Waals surface area contributed by atoms with Gasteiger partial charge in [-0.2, -0.15) is 4.31 Å². The molecule has 2 aliphatic heterocycles. The van der Waals surface area contributed by atoms with E-state index in [1.165, 1.54) is 4.31 Å². The molecule has 1 fully saturated rings. The molecule has 2 heterocycles. The summed E-state index contributed by atoms with van der Waals surface area (Å²) in [6.07, 6.45) is 1.95. The van der Waals surface area contributed by atoms with E-state index >= 15 is 0 Å². The zero-order valence-corrected chi connectivity index (χ0v) is 12.0. The third-order valence-electron chi connectivity index (χ3n) is 4.09. The van der Waals surface area contributed by atoms with Gasteiger partial charge in [-0.15, -0.1) is 0 Å². The number of piperidine rings is 1. The Labute approximate surface area is 118 Å². The van der Waals surface area contributed by atoms with Crippen molar-refractivity contribution in [1.82, 2.24) is 4.31 Å². The van der Waals surface area contributed by atoms with Crippen molar-refractivity contribution >= 4 is 10.0 Å². The smallest absolute Gasteiger partial charge is 0.243 e. The highest BCUT2D eigenvalue weighted by atomic mass is 32.2. The van der Waals surface area contributed by atoms with E-state index < -0.39 is 10.0 Å². The van der Waals surface area contributed by atoms with Gasteiger partial charge in [0, 0.05) is 19.5 Å². The van der Waals surface area contributed by atoms with Gasteiger partial charge in [-0.3, -0.25) is 4.39 Å². The van der Waals surface area contributed by atoms with E-state index in [2.05, 4.69) is 0 Å². The second-order valence-electron chi connectivity index (χ2n) is 5.37. The van der Waals surface area contributed by atoms with E-state index in [1.807, 2.05) is 0 Å². The van der Waals surface area contributed by atoms with Gasteiger partial charge in [0.05, 0.1) is 18.2 Å². The monoisotopic (exact) mass is 299 g/mol. The minimum atomic E-state index is -3.46. The van der Waals surface area contributed by atoms with Crippen LogP contribution in [-0.4, -0.2) is 39.1 Å². The highest BCUT2D eigenvalue weighted by Crippen LogP contribution is 2.30. The normalized spacial score (nSPS) is 20.6. The van der Waals surface area contributed by atoms with Crippen LogP contribution in [0.4, 0.5) is 4.39 Å². The molecule has 0 atom stereocenters. The molecule has 0 bridgehead atoms. The van der Waals surface area contributed by atoms with Gasteiger partial charge in [0.25, 0.3) is 0 Å². The number of benzene rings is 1. The molecule has 4 nitrogen and oxygen atoms in total. The van der Waals surface area contributed by atoms with Gasteiger partial charge < -0.3 is 4.74 Å². The molecular formula is C14H18FNO3S. The molecule has 0 amide bonds. The van der Waals surface area contributed by atoms with Gasteiger partial charge >= 0.3 is 0 Å². The number of hydrogen-bond acceptors (Lipinski definition) is 3. The third kappa shape index (κ3) is 2.42. The first-order valence-electron chi connectivity index (χ1n) is 6.93. The molecule has 0 aliphatic carbocycles. The minimum Gasteiger partial charge on any atom is -0.493 e. The van der Waals surface area contributed by atoms with E-state index in [0.29, 0.717) is 37.4 Å². The summed E-state index contributed by atoms with van der Waals surface area (Å²) in [4.78, 5) is 0.320.